The molecule has 102 valence electrons. The Morgan fingerprint density at radius 3 is 2.89 bits per heavy atom. The van der Waals surface area contributed by atoms with Crippen LogP contribution >= 0.6 is 11.6 Å². The first-order valence-corrected chi connectivity index (χ1v) is 7.39. The molecular weight excluding hydrogens is 260 g/mol. The van der Waals surface area contributed by atoms with Crippen LogP contribution in [0.5, 0.6) is 5.75 Å². The van der Waals surface area contributed by atoms with Crippen LogP contribution in [0, 0.1) is 5.92 Å². The van der Waals surface area contributed by atoms with Gasteiger partial charge in [-0.1, -0.05) is 0 Å². The van der Waals surface area contributed by atoms with Crippen molar-refractivity contribution in [3.05, 3.63) is 24.0 Å². The van der Waals surface area contributed by atoms with Crippen LogP contribution in [0.4, 0.5) is 0 Å². The van der Waals surface area contributed by atoms with Gasteiger partial charge in [-0.2, -0.15) is 0 Å². The average Bonchev–Trinajstić information content (AvgIpc) is 3.20. The Labute approximate surface area is 118 Å². The molecule has 19 heavy (non-hydrogen) atoms. The fourth-order valence-corrected chi connectivity index (χ4v) is 2.93. The molecule has 3 nitrogen and oxygen atoms in total. The van der Waals surface area contributed by atoms with Gasteiger partial charge in [-0.15, -0.1) is 11.6 Å². The normalized spacial score (nSPS) is 16.8. The van der Waals surface area contributed by atoms with Gasteiger partial charge in [-0.25, -0.2) is 4.98 Å². The first-order chi connectivity index (χ1) is 9.24. The van der Waals surface area contributed by atoms with Gasteiger partial charge in [-0.3, -0.25) is 0 Å². The third kappa shape index (κ3) is 2.32. The van der Waals surface area contributed by atoms with Crippen molar-refractivity contribution in [2.75, 3.05) is 13.0 Å². The molecule has 0 radical (unpaired) electrons. The van der Waals surface area contributed by atoms with E-state index in [4.69, 9.17) is 21.3 Å². The Morgan fingerprint density at radius 1 is 1.47 bits per heavy atom. The van der Waals surface area contributed by atoms with E-state index in [0.29, 0.717) is 11.9 Å². The fourth-order valence-electron chi connectivity index (χ4n) is 2.76. The summed E-state index contributed by atoms with van der Waals surface area (Å²) in [6.07, 6.45) is 3.48. The fraction of sp³-hybridized carbons (Fsp3) is 0.533. The third-order valence-electron chi connectivity index (χ3n) is 4.00. The van der Waals surface area contributed by atoms with Crippen LogP contribution in [0.25, 0.3) is 11.0 Å². The van der Waals surface area contributed by atoms with Crippen molar-refractivity contribution in [2.45, 2.75) is 32.2 Å². The number of hydrogen-bond donors (Lipinski definition) is 0. The maximum absolute atomic E-state index is 5.92. The Kier molecular flexibility index (Phi) is 3.40. The number of rotatable bonds is 5. The van der Waals surface area contributed by atoms with Gasteiger partial charge in [0.15, 0.2) is 0 Å². The summed E-state index contributed by atoms with van der Waals surface area (Å²) in [4.78, 5) is 4.74. The molecule has 0 amide bonds. The average molecular weight is 279 g/mol. The van der Waals surface area contributed by atoms with E-state index in [2.05, 4.69) is 17.6 Å². The summed E-state index contributed by atoms with van der Waals surface area (Å²) in [6.45, 7) is 2.29. The summed E-state index contributed by atoms with van der Waals surface area (Å²) in [5, 5.41) is 0. The lowest BCUT2D eigenvalue weighted by molar-refractivity contribution is 0.415. The molecule has 1 aliphatic carbocycles. The Balaban J connectivity index is 2.11. The second-order valence-electron chi connectivity index (χ2n) is 5.27. The van der Waals surface area contributed by atoms with Crippen molar-refractivity contribution in [2.24, 2.45) is 5.92 Å². The van der Waals surface area contributed by atoms with E-state index in [1.54, 1.807) is 7.11 Å². The third-order valence-corrected chi connectivity index (χ3v) is 4.19. The van der Waals surface area contributed by atoms with Gasteiger partial charge in [-0.05, 0) is 37.8 Å². The summed E-state index contributed by atoms with van der Waals surface area (Å²) in [6, 6.07) is 6.63. The molecule has 1 aromatic heterocycles. The highest BCUT2D eigenvalue weighted by Crippen LogP contribution is 2.41. The molecule has 1 saturated carbocycles. The number of aryl methyl sites for hydroxylation is 1. The first-order valence-electron chi connectivity index (χ1n) is 6.85. The van der Waals surface area contributed by atoms with Gasteiger partial charge in [0.1, 0.15) is 11.6 Å². The van der Waals surface area contributed by atoms with Crippen LogP contribution in [0.3, 0.4) is 0 Å². The first kappa shape index (κ1) is 12.8. The zero-order valence-electron chi connectivity index (χ0n) is 11.4. The van der Waals surface area contributed by atoms with Crippen LogP contribution in [-0.4, -0.2) is 22.5 Å². The Hall–Kier alpha value is -1.22. The summed E-state index contributed by atoms with van der Waals surface area (Å²) < 4.78 is 7.65. The highest BCUT2D eigenvalue weighted by Gasteiger charge is 2.31. The van der Waals surface area contributed by atoms with E-state index in [1.807, 2.05) is 12.1 Å². The second kappa shape index (κ2) is 5.04. The zero-order chi connectivity index (χ0) is 13.4. The predicted octanol–water partition coefficient (Wildman–Crippen LogP) is 3.80. The van der Waals surface area contributed by atoms with Crippen LogP contribution in [-0.2, 0) is 6.42 Å². The number of hydrogen-bond acceptors (Lipinski definition) is 2. The number of fused-ring (bicyclic) bond motifs is 1. The Bertz CT molecular complexity index is 589. The van der Waals surface area contributed by atoms with Gasteiger partial charge < -0.3 is 9.30 Å². The van der Waals surface area contributed by atoms with E-state index in [-0.39, 0.29) is 0 Å². The number of benzene rings is 1. The molecule has 0 bridgehead atoms. The Morgan fingerprint density at radius 2 is 2.26 bits per heavy atom. The molecule has 1 heterocycles. The topological polar surface area (TPSA) is 27.1 Å². The van der Waals surface area contributed by atoms with E-state index in [1.165, 1.54) is 18.4 Å². The minimum absolute atomic E-state index is 0.511. The van der Waals surface area contributed by atoms with Crippen molar-refractivity contribution in [1.29, 1.82) is 0 Å². The van der Waals surface area contributed by atoms with E-state index >= 15 is 0 Å². The number of halogens is 1. The highest BCUT2D eigenvalue weighted by atomic mass is 35.5. The molecule has 1 fully saturated rings. The molecule has 2 aromatic rings. The quantitative estimate of drug-likeness (QED) is 0.778. The van der Waals surface area contributed by atoms with Crippen LogP contribution < -0.4 is 4.74 Å². The minimum atomic E-state index is 0.511. The zero-order valence-corrected chi connectivity index (χ0v) is 12.2. The molecule has 1 unspecified atom stereocenters. The summed E-state index contributed by atoms with van der Waals surface area (Å²) in [7, 11) is 1.69. The van der Waals surface area contributed by atoms with Crippen LogP contribution in [0.2, 0.25) is 0 Å². The number of alkyl halides is 1. The highest BCUT2D eigenvalue weighted by molar-refractivity contribution is 6.17. The lowest BCUT2D eigenvalue weighted by Gasteiger charge is -2.16. The van der Waals surface area contributed by atoms with Gasteiger partial charge in [0.2, 0.25) is 0 Å². The molecule has 0 saturated heterocycles. The summed E-state index contributed by atoms with van der Waals surface area (Å²) >= 11 is 5.92. The largest absolute Gasteiger partial charge is 0.497 e. The minimum Gasteiger partial charge on any atom is -0.497 e. The van der Waals surface area contributed by atoms with E-state index < -0.39 is 0 Å². The smallest absolute Gasteiger partial charge is 0.121 e. The SMILES string of the molecule is COc1ccc2c(c1)nc(CCCl)n2C(C)C1CC1. The van der Waals surface area contributed by atoms with Crippen LogP contribution in [0.1, 0.15) is 31.6 Å². The second-order valence-corrected chi connectivity index (χ2v) is 5.65. The van der Waals surface area contributed by atoms with Crippen molar-refractivity contribution in [3.8, 4) is 5.75 Å². The van der Waals surface area contributed by atoms with Gasteiger partial charge in [0, 0.05) is 24.4 Å². The van der Waals surface area contributed by atoms with Gasteiger partial charge >= 0.3 is 0 Å². The molecule has 0 spiro atoms. The molecule has 1 aromatic carbocycles. The molecule has 0 aliphatic heterocycles. The van der Waals surface area contributed by atoms with Gasteiger partial charge in [0.05, 0.1) is 18.1 Å². The molecule has 1 aliphatic rings. The maximum atomic E-state index is 5.92. The number of aromatic nitrogens is 2. The van der Waals surface area contributed by atoms with Crippen molar-refractivity contribution < 1.29 is 4.74 Å². The number of methoxy groups -OCH3 is 1. The number of nitrogens with zero attached hydrogens (tertiary/aromatic N) is 2. The van der Waals surface area contributed by atoms with Gasteiger partial charge in [0.25, 0.3) is 0 Å². The molecule has 1 atom stereocenters. The predicted molar refractivity (Wildman–Crippen MR) is 78.1 cm³/mol. The van der Waals surface area contributed by atoms with Crippen molar-refractivity contribution >= 4 is 22.6 Å². The molecule has 0 N–H and O–H groups in total. The lowest BCUT2D eigenvalue weighted by Crippen LogP contribution is -2.11. The number of imidazole rings is 1. The summed E-state index contributed by atoms with van der Waals surface area (Å²) in [5.41, 5.74) is 2.20. The van der Waals surface area contributed by atoms with Crippen molar-refractivity contribution in [3.63, 3.8) is 0 Å². The van der Waals surface area contributed by atoms with Crippen molar-refractivity contribution in [1.82, 2.24) is 9.55 Å². The monoisotopic (exact) mass is 278 g/mol. The maximum Gasteiger partial charge on any atom is 0.121 e. The van der Waals surface area contributed by atoms with E-state index in [9.17, 15) is 0 Å². The standard InChI is InChI=1S/C15H19ClN2O/c1-10(11-3-4-11)18-14-6-5-12(19-2)9-13(14)17-15(18)7-8-16/h5-6,9-11H,3-4,7-8H2,1-2H3. The molecule has 4 heteroatoms. The summed E-state index contributed by atoms with van der Waals surface area (Å²) in [5.74, 6) is 3.36. The van der Waals surface area contributed by atoms with Crippen LogP contribution in [0.15, 0.2) is 18.2 Å². The van der Waals surface area contributed by atoms with E-state index in [0.717, 1.165) is 29.4 Å². The number of ether oxygens (including phenoxy) is 1. The molecule has 3 rings (SSSR count). The molecular formula is C15H19ClN2O. The lowest BCUT2D eigenvalue weighted by atomic mass is 10.2.